The molecule has 0 spiro atoms. The second kappa shape index (κ2) is 13.1. The van der Waals surface area contributed by atoms with E-state index >= 15 is 0 Å². The number of rotatable bonds is 13. The van der Waals surface area contributed by atoms with E-state index in [0.717, 1.165) is 21.5 Å². The van der Waals surface area contributed by atoms with Crippen LogP contribution in [-0.4, -0.2) is 44.2 Å². The monoisotopic (exact) mass is 557 g/mol. The Bertz CT molecular complexity index is 1330. The third-order valence-electron chi connectivity index (χ3n) is 4.78. The Hall–Kier alpha value is -3.62. The molecule has 11 nitrogen and oxygen atoms in total. The number of ether oxygens (including phenoxy) is 2. The van der Waals surface area contributed by atoms with Crippen molar-refractivity contribution in [3.63, 3.8) is 0 Å². The van der Waals surface area contributed by atoms with Crippen molar-refractivity contribution in [1.29, 1.82) is 0 Å². The molecule has 14 heteroatoms. The molecule has 1 unspecified atom stereocenters. The number of aliphatic imine (C=N–C) groups is 1. The Kier molecular flexibility index (Phi) is 9.35. The maximum absolute atomic E-state index is 10.7. The van der Waals surface area contributed by atoms with Gasteiger partial charge in [0, 0.05) is 18.6 Å². The maximum atomic E-state index is 10.7. The Morgan fingerprint density at radius 1 is 1.08 bits per heavy atom. The van der Waals surface area contributed by atoms with Gasteiger partial charge in [0.05, 0.1) is 10.2 Å². The van der Waals surface area contributed by atoms with Crippen molar-refractivity contribution in [3.8, 4) is 11.5 Å². The van der Waals surface area contributed by atoms with Crippen LogP contribution in [0.5, 0.6) is 11.5 Å². The van der Waals surface area contributed by atoms with Crippen LogP contribution in [0.15, 0.2) is 53.5 Å². The fourth-order valence-corrected chi connectivity index (χ4v) is 5.74. The van der Waals surface area contributed by atoms with Gasteiger partial charge in [-0.05, 0) is 36.9 Å². The first-order chi connectivity index (χ1) is 18.0. The van der Waals surface area contributed by atoms with E-state index in [2.05, 4.69) is 37.6 Å². The van der Waals surface area contributed by atoms with Crippen LogP contribution in [0.25, 0.3) is 0 Å². The Morgan fingerprint density at radius 3 is 2.57 bits per heavy atom. The van der Waals surface area contributed by atoms with Crippen LogP contribution in [0.2, 0.25) is 0 Å². The molecule has 4 rings (SSSR count). The highest BCUT2D eigenvalue weighted by molar-refractivity contribution is 7.99. The summed E-state index contributed by atoms with van der Waals surface area (Å²) < 4.78 is 11.1. The van der Waals surface area contributed by atoms with Crippen LogP contribution in [0.1, 0.15) is 27.8 Å². The SMILES string of the molecule is CCSC(Cc1nnc(/N=C\Oc2ccc([N+](=O)[O-])cc2)s1)c1nnc(NCOc2ccc(C)cc2)s1. The minimum Gasteiger partial charge on any atom is -0.473 e. The predicted molar refractivity (Wildman–Crippen MR) is 147 cm³/mol. The number of nitro benzene ring substituents is 1. The van der Waals surface area contributed by atoms with Gasteiger partial charge in [-0.25, -0.2) is 0 Å². The van der Waals surface area contributed by atoms with Crippen LogP contribution < -0.4 is 14.8 Å². The average Bonchev–Trinajstić information content (AvgIpc) is 3.55. The molecular formula is C23H23N7O4S3. The zero-order valence-corrected chi connectivity index (χ0v) is 22.4. The van der Waals surface area contributed by atoms with Crippen LogP contribution in [-0.2, 0) is 6.42 Å². The summed E-state index contributed by atoms with van der Waals surface area (Å²) in [5, 5.41) is 33.8. The smallest absolute Gasteiger partial charge is 0.269 e. The summed E-state index contributed by atoms with van der Waals surface area (Å²) in [5.74, 6) is 2.13. The van der Waals surface area contributed by atoms with E-state index in [1.54, 1.807) is 11.8 Å². The number of hydrogen-bond donors (Lipinski definition) is 1. The fraction of sp³-hybridized carbons (Fsp3) is 0.261. The van der Waals surface area contributed by atoms with Gasteiger partial charge in [0.2, 0.25) is 10.3 Å². The van der Waals surface area contributed by atoms with E-state index in [1.807, 2.05) is 31.2 Å². The second-order valence-corrected chi connectivity index (χ2v) is 11.0. The number of anilines is 1. The van der Waals surface area contributed by atoms with Gasteiger partial charge >= 0.3 is 0 Å². The van der Waals surface area contributed by atoms with Crippen LogP contribution >= 0.6 is 34.4 Å². The zero-order chi connectivity index (χ0) is 26.0. The van der Waals surface area contributed by atoms with Gasteiger partial charge in [-0.15, -0.1) is 20.4 Å². The first-order valence-electron chi connectivity index (χ1n) is 11.1. The lowest BCUT2D eigenvalue weighted by atomic mass is 10.2. The molecule has 4 aromatic rings. The third kappa shape index (κ3) is 7.93. The lowest BCUT2D eigenvalue weighted by Crippen LogP contribution is -2.08. The summed E-state index contributed by atoms with van der Waals surface area (Å²) in [6.07, 6.45) is 1.88. The Morgan fingerprint density at radius 2 is 1.84 bits per heavy atom. The fourth-order valence-electron chi connectivity index (χ4n) is 2.99. The maximum Gasteiger partial charge on any atom is 0.269 e. The topological polar surface area (TPSA) is 138 Å². The predicted octanol–water partition coefficient (Wildman–Crippen LogP) is 5.83. The van der Waals surface area contributed by atoms with Crippen molar-refractivity contribution in [1.82, 2.24) is 20.4 Å². The van der Waals surface area contributed by atoms with Crippen LogP contribution in [0.3, 0.4) is 0 Å². The molecule has 1 atom stereocenters. The van der Waals surface area contributed by atoms with Crippen molar-refractivity contribution in [2.24, 2.45) is 4.99 Å². The van der Waals surface area contributed by atoms with E-state index < -0.39 is 4.92 Å². The molecule has 0 aliphatic heterocycles. The van der Waals surface area contributed by atoms with E-state index in [1.165, 1.54) is 58.9 Å². The first kappa shape index (κ1) is 26.4. The van der Waals surface area contributed by atoms with E-state index in [9.17, 15) is 10.1 Å². The molecule has 1 N–H and O–H groups in total. The molecule has 192 valence electrons. The van der Waals surface area contributed by atoms with Crippen molar-refractivity contribution < 1.29 is 14.4 Å². The first-order valence-corrected chi connectivity index (χ1v) is 13.8. The average molecular weight is 558 g/mol. The van der Waals surface area contributed by atoms with Gasteiger partial charge in [-0.3, -0.25) is 10.1 Å². The molecule has 2 aromatic heterocycles. The number of non-ortho nitro benzene ring substituents is 1. The molecule has 0 aliphatic rings. The molecule has 0 saturated heterocycles. The molecule has 0 aliphatic carbocycles. The number of aryl methyl sites for hydroxylation is 1. The van der Waals surface area contributed by atoms with Crippen LogP contribution in [0, 0.1) is 17.0 Å². The summed E-state index contributed by atoms with van der Waals surface area (Å²) in [7, 11) is 0. The molecule has 2 heterocycles. The molecular weight excluding hydrogens is 534 g/mol. The highest BCUT2D eigenvalue weighted by atomic mass is 32.2. The molecule has 0 fully saturated rings. The standard InChI is InChI=1S/C23H23N7O4S3/c1-3-35-19(21-27-29-23(37-21)25-14-33-17-8-4-15(2)5-9-17)12-20-26-28-22(36-20)24-13-34-18-10-6-16(7-11-18)30(31)32/h4-11,13,19H,3,12,14H2,1-2H3,(H,25,29)/b24-13-. The Balaban J connectivity index is 1.30. The molecule has 0 amide bonds. The largest absolute Gasteiger partial charge is 0.473 e. The number of hydrogen-bond acceptors (Lipinski definition) is 13. The highest BCUT2D eigenvalue weighted by Crippen LogP contribution is 2.36. The van der Waals surface area contributed by atoms with E-state index in [4.69, 9.17) is 9.47 Å². The summed E-state index contributed by atoms with van der Waals surface area (Å²) in [6, 6.07) is 13.6. The van der Waals surface area contributed by atoms with Gasteiger partial charge in [0.15, 0.2) is 13.1 Å². The van der Waals surface area contributed by atoms with Crippen molar-refractivity contribution in [2.45, 2.75) is 25.5 Å². The lowest BCUT2D eigenvalue weighted by Gasteiger charge is -2.10. The van der Waals surface area contributed by atoms with Gasteiger partial charge < -0.3 is 14.8 Å². The quantitative estimate of drug-likeness (QED) is 0.0702. The second-order valence-electron chi connectivity index (χ2n) is 7.45. The zero-order valence-electron chi connectivity index (χ0n) is 19.9. The number of aromatic nitrogens is 4. The molecule has 0 saturated carbocycles. The minimum atomic E-state index is -0.467. The molecule has 37 heavy (non-hydrogen) atoms. The van der Waals surface area contributed by atoms with Crippen molar-refractivity contribution >= 4 is 56.8 Å². The molecule has 0 radical (unpaired) electrons. The van der Waals surface area contributed by atoms with E-state index in [0.29, 0.717) is 29.2 Å². The number of nitro groups is 1. The van der Waals surface area contributed by atoms with Crippen LogP contribution in [0.4, 0.5) is 16.0 Å². The molecule has 2 aromatic carbocycles. The minimum absolute atomic E-state index is 0.00790. The number of thioether (sulfide) groups is 1. The number of benzene rings is 2. The summed E-state index contributed by atoms with van der Waals surface area (Å²) in [4.78, 5) is 14.4. The van der Waals surface area contributed by atoms with Crippen molar-refractivity contribution in [2.75, 3.05) is 17.8 Å². The Labute approximate surface area is 225 Å². The highest BCUT2D eigenvalue weighted by Gasteiger charge is 2.20. The lowest BCUT2D eigenvalue weighted by molar-refractivity contribution is -0.384. The third-order valence-corrected chi connectivity index (χ3v) is 7.91. The summed E-state index contributed by atoms with van der Waals surface area (Å²) in [6.45, 7) is 4.42. The van der Waals surface area contributed by atoms with Crippen molar-refractivity contribution in [3.05, 3.63) is 74.2 Å². The van der Waals surface area contributed by atoms with E-state index in [-0.39, 0.29) is 10.9 Å². The number of nitrogens with one attached hydrogen (secondary N) is 1. The van der Waals surface area contributed by atoms with Gasteiger partial charge in [0.25, 0.3) is 5.69 Å². The molecule has 0 bridgehead atoms. The van der Waals surface area contributed by atoms with Gasteiger partial charge in [-0.1, -0.05) is 47.3 Å². The number of nitrogens with zero attached hydrogens (tertiary/aromatic N) is 6. The van der Waals surface area contributed by atoms with Gasteiger partial charge in [-0.2, -0.15) is 16.8 Å². The normalized spacial score (nSPS) is 11.9. The summed E-state index contributed by atoms with van der Waals surface area (Å²) in [5.41, 5.74) is 1.17. The van der Waals surface area contributed by atoms with Gasteiger partial charge in [0.1, 0.15) is 21.5 Å². The summed E-state index contributed by atoms with van der Waals surface area (Å²) >= 11 is 4.61.